The Morgan fingerprint density at radius 3 is 2.38 bits per heavy atom. The van der Waals surface area contributed by atoms with E-state index >= 15 is 0 Å². The predicted octanol–water partition coefficient (Wildman–Crippen LogP) is 0.294. The first-order valence-corrected chi connectivity index (χ1v) is 7.50. The quantitative estimate of drug-likeness (QED) is 0.679. The van der Waals surface area contributed by atoms with Crippen molar-refractivity contribution in [2.75, 3.05) is 6.54 Å². The van der Waals surface area contributed by atoms with Crippen LogP contribution in [-0.4, -0.2) is 41.2 Å². The van der Waals surface area contributed by atoms with Crippen molar-refractivity contribution < 1.29 is 19.2 Å². The van der Waals surface area contributed by atoms with Crippen LogP contribution in [0.4, 0.5) is 4.79 Å². The van der Waals surface area contributed by atoms with Crippen molar-refractivity contribution in [3.8, 4) is 0 Å². The fourth-order valence-corrected chi connectivity index (χ4v) is 3.56. The highest BCUT2D eigenvalue weighted by Gasteiger charge is 2.55. The summed E-state index contributed by atoms with van der Waals surface area (Å²) in [4.78, 5) is 49.5. The van der Waals surface area contributed by atoms with E-state index in [0.29, 0.717) is 25.7 Å². The molecule has 0 aromatic heterocycles. The lowest BCUT2D eigenvalue weighted by Gasteiger charge is -2.44. The molecule has 114 valence electrons. The van der Waals surface area contributed by atoms with Crippen molar-refractivity contribution in [2.24, 2.45) is 5.41 Å². The molecule has 1 saturated carbocycles. The normalized spacial score (nSPS) is 29.3. The third-order valence-electron chi connectivity index (χ3n) is 4.81. The molecule has 21 heavy (non-hydrogen) atoms. The molecule has 7 heteroatoms. The number of rotatable bonds is 1. The topological polar surface area (TPSA) is 95.6 Å². The lowest BCUT2D eigenvalue weighted by molar-refractivity contribution is -0.156. The second kappa shape index (κ2) is 5.13. The molecule has 1 unspecified atom stereocenters. The summed E-state index contributed by atoms with van der Waals surface area (Å²) in [5.41, 5.74) is -1.08. The fraction of sp³-hybridized carbons (Fsp3) is 0.714. The molecule has 2 heterocycles. The number of imide groups is 2. The minimum absolute atomic E-state index is 0.0698. The Hall–Kier alpha value is -1.92. The van der Waals surface area contributed by atoms with Gasteiger partial charge in [0.25, 0.3) is 0 Å². The van der Waals surface area contributed by atoms with Crippen LogP contribution < -0.4 is 10.6 Å². The Bertz CT molecular complexity index is 500. The van der Waals surface area contributed by atoms with Crippen molar-refractivity contribution >= 4 is 23.8 Å². The Morgan fingerprint density at radius 1 is 1.05 bits per heavy atom. The second-order valence-corrected chi connectivity index (χ2v) is 6.07. The molecule has 3 aliphatic rings. The van der Waals surface area contributed by atoms with E-state index < -0.39 is 17.4 Å². The number of carbonyl (C=O) groups excluding carboxylic acids is 4. The molecule has 3 fully saturated rings. The van der Waals surface area contributed by atoms with Gasteiger partial charge < -0.3 is 5.32 Å². The fourth-order valence-electron chi connectivity index (χ4n) is 3.56. The van der Waals surface area contributed by atoms with Gasteiger partial charge in [-0.1, -0.05) is 19.3 Å². The molecule has 1 spiro atoms. The summed E-state index contributed by atoms with van der Waals surface area (Å²) in [5.74, 6) is -0.898. The third-order valence-corrected chi connectivity index (χ3v) is 4.81. The first-order valence-electron chi connectivity index (χ1n) is 7.50. The highest BCUT2D eigenvalue weighted by molar-refractivity contribution is 6.19. The van der Waals surface area contributed by atoms with Gasteiger partial charge in [-0.15, -0.1) is 0 Å². The zero-order valence-corrected chi connectivity index (χ0v) is 11.8. The van der Waals surface area contributed by atoms with Gasteiger partial charge in [0.05, 0.1) is 6.04 Å². The van der Waals surface area contributed by atoms with E-state index in [1.165, 1.54) is 4.90 Å². The van der Waals surface area contributed by atoms with Crippen LogP contribution in [0.3, 0.4) is 0 Å². The van der Waals surface area contributed by atoms with E-state index in [0.717, 1.165) is 19.3 Å². The molecular weight excluding hydrogens is 274 g/mol. The number of nitrogens with zero attached hydrogens (tertiary/aromatic N) is 1. The van der Waals surface area contributed by atoms with Crippen molar-refractivity contribution in [1.29, 1.82) is 0 Å². The molecule has 1 atom stereocenters. The van der Waals surface area contributed by atoms with Gasteiger partial charge in [-0.25, -0.2) is 4.79 Å². The van der Waals surface area contributed by atoms with E-state index in [4.69, 9.17) is 0 Å². The lowest BCUT2D eigenvalue weighted by atomic mass is 9.71. The summed E-state index contributed by atoms with van der Waals surface area (Å²) in [5, 5.41) is 5.02. The molecule has 1 aliphatic carbocycles. The Morgan fingerprint density at radius 2 is 1.76 bits per heavy atom. The van der Waals surface area contributed by atoms with E-state index in [-0.39, 0.29) is 24.4 Å². The van der Waals surface area contributed by atoms with Crippen LogP contribution in [0.15, 0.2) is 0 Å². The van der Waals surface area contributed by atoms with E-state index in [9.17, 15) is 19.2 Å². The molecule has 2 N–H and O–H groups in total. The molecule has 2 aliphatic heterocycles. The summed E-state index contributed by atoms with van der Waals surface area (Å²) in [7, 11) is 0. The van der Waals surface area contributed by atoms with E-state index in [1.807, 2.05) is 0 Å². The van der Waals surface area contributed by atoms with Crippen LogP contribution in [0.1, 0.15) is 44.9 Å². The Kier molecular flexibility index (Phi) is 3.43. The molecule has 0 aromatic carbocycles. The van der Waals surface area contributed by atoms with Gasteiger partial charge in [-0.2, -0.15) is 0 Å². The zero-order valence-electron chi connectivity index (χ0n) is 11.8. The number of carbonyl (C=O) groups is 4. The summed E-state index contributed by atoms with van der Waals surface area (Å²) < 4.78 is 0. The van der Waals surface area contributed by atoms with E-state index in [1.54, 1.807) is 0 Å². The maximum atomic E-state index is 12.8. The molecule has 2 saturated heterocycles. The number of barbiturate groups is 1. The van der Waals surface area contributed by atoms with Gasteiger partial charge in [0.15, 0.2) is 0 Å². The van der Waals surface area contributed by atoms with Crippen molar-refractivity contribution in [3.05, 3.63) is 0 Å². The van der Waals surface area contributed by atoms with Crippen LogP contribution in [0.5, 0.6) is 0 Å². The van der Waals surface area contributed by atoms with Gasteiger partial charge >= 0.3 is 6.03 Å². The molecular formula is C14H19N3O4. The molecule has 7 nitrogen and oxygen atoms in total. The summed E-state index contributed by atoms with van der Waals surface area (Å²) in [6, 6.07) is -1.01. The summed E-state index contributed by atoms with van der Waals surface area (Å²) >= 11 is 0. The highest BCUT2D eigenvalue weighted by Crippen LogP contribution is 2.40. The SMILES string of the molecule is O=C1CCC(N2C(=O)NC(=O)C3(CCCCC3)C2=O)CN1. The number of nitrogens with one attached hydrogen (secondary N) is 2. The van der Waals surface area contributed by atoms with Crippen LogP contribution in [0.25, 0.3) is 0 Å². The average molecular weight is 293 g/mol. The van der Waals surface area contributed by atoms with Crippen molar-refractivity contribution in [1.82, 2.24) is 15.5 Å². The van der Waals surface area contributed by atoms with Gasteiger partial charge in [-0.3, -0.25) is 24.6 Å². The first kappa shape index (κ1) is 14.0. The predicted molar refractivity (Wildman–Crippen MR) is 71.9 cm³/mol. The largest absolute Gasteiger partial charge is 0.354 e. The lowest BCUT2D eigenvalue weighted by Crippen LogP contribution is -2.68. The number of piperidine rings is 1. The van der Waals surface area contributed by atoms with Crippen LogP contribution in [-0.2, 0) is 14.4 Å². The van der Waals surface area contributed by atoms with Crippen LogP contribution >= 0.6 is 0 Å². The standard InChI is InChI=1S/C14H19N3O4/c18-10-5-4-9(8-15-10)17-12(20)14(6-2-1-3-7-14)11(19)16-13(17)21/h9H,1-8H2,(H,15,18)(H,16,19,21). The Balaban J connectivity index is 1.86. The molecule has 3 rings (SSSR count). The van der Waals surface area contributed by atoms with Gasteiger partial charge in [0.1, 0.15) is 5.41 Å². The van der Waals surface area contributed by atoms with Gasteiger partial charge in [0.2, 0.25) is 17.7 Å². The molecule has 0 radical (unpaired) electrons. The smallest absolute Gasteiger partial charge is 0.331 e. The van der Waals surface area contributed by atoms with Crippen LogP contribution in [0, 0.1) is 5.41 Å². The van der Waals surface area contributed by atoms with Crippen molar-refractivity contribution in [2.45, 2.75) is 51.0 Å². The van der Waals surface area contributed by atoms with E-state index in [2.05, 4.69) is 10.6 Å². The molecule has 5 amide bonds. The first-order chi connectivity index (χ1) is 10.0. The third kappa shape index (κ3) is 2.20. The zero-order chi connectivity index (χ0) is 15.0. The van der Waals surface area contributed by atoms with Gasteiger partial charge in [-0.05, 0) is 19.3 Å². The highest BCUT2D eigenvalue weighted by atomic mass is 16.2. The maximum Gasteiger partial charge on any atom is 0.331 e. The van der Waals surface area contributed by atoms with Crippen LogP contribution in [0.2, 0.25) is 0 Å². The molecule has 0 aromatic rings. The summed E-state index contributed by atoms with van der Waals surface area (Å²) in [6.07, 6.45) is 4.40. The molecule has 0 bridgehead atoms. The number of amides is 5. The van der Waals surface area contributed by atoms with Crippen molar-refractivity contribution in [3.63, 3.8) is 0 Å². The maximum absolute atomic E-state index is 12.8. The minimum Gasteiger partial charge on any atom is -0.354 e. The summed E-state index contributed by atoms with van der Waals surface area (Å²) in [6.45, 7) is 0.266. The monoisotopic (exact) mass is 293 g/mol. The number of hydrogen-bond acceptors (Lipinski definition) is 4. The minimum atomic E-state index is -1.08. The number of hydrogen-bond donors (Lipinski definition) is 2. The number of urea groups is 1. The second-order valence-electron chi connectivity index (χ2n) is 6.07. The van der Waals surface area contributed by atoms with Gasteiger partial charge in [0, 0.05) is 13.0 Å². The average Bonchev–Trinajstić information content (AvgIpc) is 2.48. The Labute approximate surface area is 122 Å².